The molecule has 0 saturated carbocycles. The summed E-state index contributed by atoms with van der Waals surface area (Å²) in [6.07, 6.45) is 2.19. The molecule has 1 fully saturated rings. The van der Waals surface area contributed by atoms with E-state index >= 15 is 0 Å². The molecule has 3 rings (SSSR count). The summed E-state index contributed by atoms with van der Waals surface area (Å²) in [5.41, 5.74) is 4.21. The Morgan fingerprint density at radius 1 is 0.905 bits per heavy atom. The number of hydrogen-bond acceptors (Lipinski definition) is 2. The van der Waals surface area contributed by atoms with E-state index in [1.54, 1.807) is 0 Å². The Morgan fingerprint density at radius 3 is 2.33 bits per heavy atom. The topological polar surface area (TPSA) is 15.3 Å². The molecular weight excluding hydrogens is 256 g/mol. The highest BCUT2D eigenvalue weighted by Crippen LogP contribution is 2.11. The Morgan fingerprint density at radius 2 is 1.62 bits per heavy atom. The van der Waals surface area contributed by atoms with Crippen LogP contribution in [0.5, 0.6) is 0 Å². The maximum absolute atomic E-state index is 3.40. The van der Waals surface area contributed by atoms with Crippen LogP contribution in [0.4, 0.5) is 0 Å². The number of nitrogens with zero attached hydrogens (tertiary/aromatic N) is 1. The van der Waals surface area contributed by atoms with E-state index in [4.69, 9.17) is 0 Å². The van der Waals surface area contributed by atoms with E-state index in [-0.39, 0.29) is 0 Å². The molecule has 2 heteroatoms. The Balaban J connectivity index is 1.51. The van der Waals surface area contributed by atoms with E-state index < -0.39 is 0 Å². The van der Waals surface area contributed by atoms with E-state index in [2.05, 4.69) is 58.7 Å². The summed E-state index contributed by atoms with van der Waals surface area (Å²) in [5.74, 6) is 0. The second-order valence-corrected chi connectivity index (χ2v) is 5.75. The van der Waals surface area contributed by atoms with Gasteiger partial charge in [-0.1, -0.05) is 48.5 Å². The maximum Gasteiger partial charge on any atom is 0.0234 e. The molecular formula is C19H23N2. The van der Waals surface area contributed by atoms with E-state index in [9.17, 15) is 0 Å². The fourth-order valence-electron chi connectivity index (χ4n) is 2.81. The molecule has 1 aliphatic rings. The maximum atomic E-state index is 3.40. The van der Waals surface area contributed by atoms with Crippen molar-refractivity contribution in [2.45, 2.75) is 19.4 Å². The highest BCUT2D eigenvalue weighted by Gasteiger charge is 2.09. The van der Waals surface area contributed by atoms with Crippen LogP contribution in [0.25, 0.3) is 0 Å². The van der Waals surface area contributed by atoms with E-state index in [1.807, 2.05) is 6.07 Å². The van der Waals surface area contributed by atoms with Gasteiger partial charge in [-0.05, 0) is 35.6 Å². The van der Waals surface area contributed by atoms with Crippen LogP contribution in [0.3, 0.4) is 0 Å². The Kier molecular flexibility index (Phi) is 5.03. The third kappa shape index (κ3) is 4.42. The summed E-state index contributed by atoms with van der Waals surface area (Å²) in [4.78, 5) is 2.52. The molecule has 0 aromatic heterocycles. The predicted octanol–water partition coefficient (Wildman–Crippen LogP) is 2.68. The highest BCUT2D eigenvalue weighted by molar-refractivity contribution is 5.24. The molecule has 1 saturated heterocycles. The summed E-state index contributed by atoms with van der Waals surface area (Å²) in [5, 5.41) is 3.40. The molecule has 1 radical (unpaired) electrons. The van der Waals surface area contributed by atoms with Gasteiger partial charge >= 0.3 is 0 Å². The van der Waals surface area contributed by atoms with Crippen LogP contribution >= 0.6 is 0 Å². The van der Waals surface area contributed by atoms with Gasteiger partial charge in [-0.2, -0.15) is 0 Å². The van der Waals surface area contributed by atoms with Crippen LogP contribution < -0.4 is 5.32 Å². The predicted molar refractivity (Wildman–Crippen MR) is 87.3 cm³/mol. The molecule has 0 spiro atoms. The average molecular weight is 279 g/mol. The summed E-state index contributed by atoms with van der Waals surface area (Å²) >= 11 is 0. The lowest BCUT2D eigenvalue weighted by atomic mass is 10.0. The lowest BCUT2D eigenvalue weighted by molar-refractivity contribution is 0.233. The first-order valence-electron chi connectivity index (χ1n) is 7.86. The lowest BCUT2D eigenvalue weighted by Gasteiger charge is -2.27. The molecule has 1 aliphatic heterocycles. The fourth-order valence-corrected chi connectivity index (χ4v) is 2.81. The van der Waals surface area contributed by atoms with Gasteiger partial charge in [-0.15, -0.1) is 0 Å². The van der Waals surface area contributed by atoms with Gasteiger partial charge in [0, 0.05) is 32.7 Å². The van der Waals surface area contributed by atoms with Crippen molar-refractivity contribution in [2.75, 3.05) is 26.2 Å². The van der Waals surface area contributed by atoms with Crippen LogP contribution in [-0.2, 0) is 19.4 Å². The molecule has 1 heterocycles. The molecule has 0 aliphatic carbocycles. The standard InChI is InChI=1S/C19H23N2/c1-2-4-17(5-3-1)6-7-18-8-10-19(11-9-18)16-21-14-12-20-13-15-21/h1-2,4-5,8-11,20H,6-7,12-16H2. The Labute approximate surface area is 127 Å². The molecule has 2 aromatic carbocycles. The third-order valence-electron chi connectivity index (χ3n) is 4.11. The number of rotatable bonds is 5. The minimum absolute atomic E-state index is 1.08. The van der Waals surface area contributed by atoms with Crippen molar-refractivity contribution in [3.05, 3.63) is 71.3 Å². The first-order valence-corrected chi connectivity index (χ1v) is 7.86. The van der Waals surface area contributed by atoms with Crippen molar-refractivity contribution in [2.24, 2.45) is 0 Å². The van der Waals surface area contributed by atoms with Crippen LogP contribution in [0.2, 0.25) is 0 Å². The summed E-state index contributed by atoms with van der Waals surface area (Å²) < 4.78 is 0. The SMILES string of the molecule is [c]1cccc(CCc2ccc(CN3CCNCC3)cc2)c1. The smallest absolute Gasteiger partial charge is 0.0234 e. The normalized spacial score (nSPS) is 16.0. The van der Waals surface area contributed by atoms with Gasteiger partial charge in [0.05, 0.1) is 0 Å². The molecule has 21 heavy (non-hydrogen) atoms. The zero-order valence-corrected chi connectivity index (χ0v) is 12.5. The van der Waals surface area contributed by atoms with E-state index in [0.29, 0.717) is 0 Å². The average Bonchev–Trinajstić information content (AvgIpc) is 2.56. The van der Waals surface area contributed by atoms with Gasteiger partial charge < -0.3 is 5.32 Å². The lowest BCUT2D eigenvalue weighted by Crippen LogP contribution is -2.42. The summed E-state index contributed by atoms with van der Waals surface area (Å²) in [6, 6.07) is 20.5. The van der Waals surface area contributed by atoms with Gasteiger partial charge in [0.25, 0.3) is 0 Å². The van der Waals surface area contributed by atoms with Crippen molar-refractivity contribution in [1.29, 1.82) is 0 Å². The van der Waals surface area contributed by atoms with Gasteiger partial charge in [0.2, 0.25) is 0 Å². The third-order valence-corrected chi connectivity index (χ3v) is 4.11. The Hall–Kier alpha value is -1.64. The Bertz CT molecular complexity index is 527. The van der Waals surface area contributed by atoms with E-state index in [0.717, 1.165) is 45.6 Å². The molecule has 1 N–H and O–H groups in total. The van der Waals surface area contributed by atoms with Crippen molar-refractivity contribution >= 4 is 0 Å². The molecule has 2 nitrogen and oxygen atoms in total. The number of aryl methyl sites for hydroxylation is 2. The van der Waals surface area contributed by atoms with Crippen molar-refractivity contribution in [3.63, 3.8) is 0 Å². The highest BCUT2D eigenvalue weighted by atomic mass is 15.2. The number of benzene rings is 2. The van der Waals surface area contributed by atoms with Crippen LogP contribution in [0, 0.1) is 6.07 Å². The summed E-state index contributed by atoms with van der Waals surface area (Å²) in [7, 11) is 0. The second kappa shape index (κ2) is 7.39. The van der Waals surface area contributed by atoms with Gasteiger partial charge in [0.1, 0.15) is 0 Å². The van der Waals surface area contributed by atoms with Crippen LogP contribution in [0.15, 0.2) is 48.5 Å². The van der Waals surface area contributed by atoms with E-state index in [1.165, 1.54) is 16.7 Å². The zero-order chi connectivity index (χ0) is 14.3. The summed E-state index contributed by atoms with van der Waals surface area (Å²) in [6.45, 7) is 5.63. The van der Waals surface area contributed by atoms with Crippen molar-refractivity contribution in [1.82, 2.24) is 10.2 Å². The first-order chi connectivity index (χ1) is 10.4. The molecule has 0 atom stereocenters. The molecule has 0 bridgehead atoms. The van der Waals surface area contributed by atoms with Crippen molar-refractivity contribution in [3.8, 4) is 0 Å². The number of nitrogens with one attached hydrogen (secondary N) is 1. The molecule has 0 amide bonds. The monoisotopic (exact) mass is 279 g/mol. The fraction of sp³-hybridized carbons (Fsp3) is 0.368. The number of hydrogen-bond donors (Lipinski definition) is 1. The first kappa shape index (κ1) is 14.3. The van der Waals surface area contributed by atoms with Crippen LogP contribution in [0.1, 0.15) is 16.7 Å². The minimum atomic E-state index is 1.08. The second-order valence-electron chi connectivity index (χ2n) is 5.75. The quantitative estimate of drug-likeness (QED) is 0.905. The zero-order valence-electron chi connectivity index (χ0n) is 12.5. The van der Waals surface area contributed by atoms with Gasteiger partial charge in [-0.3, -0.25) is 4.90 Å². The van der Waals surface area contributed by atoms with Crippen LogP contribution in [-0.4, -0.2) is 31.1 Å². The van der Waals surface area contributed by atoms with Crippen molar-refractivity contribution < 1.29 is 0 Å². The number of piperazine rings is 1. The minimum Gasteiger partial charge on any atom is -0.314 e. The van der Waals surface area contributed by atoms with Gasteiger partial charge in [0.15, 0.2) is 0 Å². The molecule has 109 valence electrons. The molecule has 2 aromatic rings. The largest absolute Gasteiger partial charge is 0.314 e. The molecule has 0 unspecified atom stereocenters. The van der Waals surface area contributed by atoms with Gasteiger partial charge in [-0.25, -0.2) is 0 Å².